The van der Waals surface area contributed by atoms with Gasteiger partial charge in [0.05, 0.1) is 6.10 Å². The second-order valence-electron chi connectivity index (χ2n) is 6.66. The molecule has 0 saturated carbocycles. The number of nitrogens with two attached hydrogens (primary N) is 1. The SMILES string of the molecule is CC(O)C(NC(=O)c1ccc(C#Cc2ccc(CNCCN)cc2)cc1)C(=O)NO. The fraction of sp³-hybridized carbons (Fsp3) is 0.273. The molecule has 0 radical (unpaired) electrons. The van der Waals surface area contributed by atoms with Crippen molar-refractivity contribution in [2.75, 3.05) is 13.1 Å². The van der Waals surface area contributed by atoms with Gasteiger partial charge in [0.2, 0.25) is 0 Å². The standard InChI is InChI=1S/C22H26N4O4/c1-15(27)20(22(29)26-30)25-21(28)19-10-8-17(9-11-19)3-2-16-4-6-18(7-5-16)14-24-13-12-23/h4-11,15,20,24,27,30H,12-14,23H2,1H3,(H,25,28)(H,26,29). The Balaban J connectivity index is 1.99. The highest BCUT2D eigenvalue weighted by Gasteiger charge is 2.25. The van der Waals surface area contributed by atoms with E-state index in [9.17, 15) is 14.7 Å². The predicted octanol–water partition coefficient (Wildman–Crippen LogP) is 0.119. The molecule has 158 valence electrons. The minimum Gasteiger partial charge on any atom is -0.391 e. The molecule has 0 aliphatic rings. The van der Waals surface area contributed by atoms with Gasteiger partial charge in [-0.3, -0.25) is 14.8 Å². The maximum absolute atomic E-state index is 12.3. The second kappa shape index (κ2) is 11.7. The minimum absolute atomic E-state index is 0.297. The molecule has 8 nitrogen and oxygen atoms in total. The van der Waals surface area contributed by atoms with Crippen molar-refractivity contribution in [3.63, 3.8) is 0 Å². The van der Waals surface area contributed by atoms with Crippen LogP contribution in [0.3, 0.4) is 0 Å². The number of hydrogen-bond acceptors (Lipinski definition) is 6. The van der Waals surface area contributed by atoms with Crippen LogP contribution in [0.1, 0.15) is 34.0 Å². The number of hydrogen-bond donors (Lipinski definition) is 6. The third kappa shape index (κ3) is 6.99. The fourth-order valence-electron chi connectivity index (χ4n) is 2.59. The predicted molar refractivity (Wildman–Crippen MR) is 112 cm³/mol. The van der Waals surface area contributed by atoms with Crippen molar-refractivity contribution in [2.45, 2.75) is 25.6 Å². The first-order chi connectivity index (χ1) is 14.4. The molecule has 0 aromatic heterocycles. The molecule has 2 unspecified atom stereocenters. The zero-order valence-electron chi connectivity index (χ0n) is 16.7. The van der Waals surface area contributed by atoms with Gasteiger partial charge in [-0.15, -0.1) is 0 Å². The summed E-state index contributed by atoms with van der Waals surface area (Å²) < 4.78 is 0. The Labute approximate surface area is 175 Å². The van der Waals surface area contributed by atoms with Crippen molar-refractivity contribution < 1.29 is 19.9 Å². The van der Waals surface area contributed by atoms with Gasteiger partial charge >= 0.3 is 0 Å². The second-order valence-corrected chi connectivity index (χ2v) is 6.66. The van der Waals surface area contributed by atoms with Crippen molar-refractivity contribution in [1.82, 2.24) is 16.1 Å². The van der Waals surface area contributed by atoms with Crippen molar-refractivity contribution >= 4 is 11.8 Å². The zero-order valence-corrected chi connectivity index (χ0v) is 16.7. The summed E-state index contributed by atoms with van der Waals surface area (Å²) in [4.78, 5) is 23.8. The summed E-state index contributed by atoms with van der Waals surface area (Å²) in [5.41, 5.74) is 9.91. The molecule has 2 aromatic carbocycles. The third-order valence-corrected chi connectivity index (χ3v) is 4.26. The number of aliphatic hydroxyl groups excluding tert-OH is 1. The highest BCUT2D eigenvalue weighted by Crippen LogP contribution is 2.07. The van der Waals surface area contributed by atoms with Crippen molar-refractivity contribution in [3.8, 4) is 11.8 Å². The summed E-state index contributed by atoms with van der Waals surface area (Å²) >= 11 is 0. The Morgan fingerprint density at radius 3 is 2.10 bits per heavy atom. The van der Waals surface area contributed by atoms with Crippen LogP contribution in [0.5, 0.6) is 0 Å². The Bertz CT molecular complexity index is 899. The number of benzene rings is 2. The van der Waals surface area contributed by atoms with Crippen molar-refractivity contribution in [2.24, 2.45) is 5.73 Å². The molecule has 0 fully saturated rings. The number of carbonyl (C=O) groups excluding carboxylic acids is 2. The van der Waals surface area contributed by atoms with Crippen LogP contribution in [0.4, 0.5) is 0 Å². The van der Waals surface area contributed by atoms with Crippen molar-refractivity contribution in [1.29, 1.82) is 0 Å². The maximum atomic E-state index is 12.3. The first-order valence-electron chi connectivity index (χ1n) is 9.49. The highest BCUT2D eigenvalue weighted by molar-refractivity contribution is 5.97. The molecular formula is C22H26N4O4. The molecule has 2 aromatic rings. The first-order valence-corrected chi connectivity index (χ1v) is 9.49. The van der Waals surface area contributed by atoms with Gasteiger partial charge in [-0.25, -0.2) is 5.48 Å². The van der Waals surface area contributed by atoms with E-state index in [1.54, 1.807) is 24.3 Å². The number of carbonyl (C=O) groups is 2. The quantitative estimate of drug-likeness (QED) is 0.158. The average Bonchev–Trinajstić information content (AvgIpc) is 2.76. The van der Waals surface area contributed by atoms with Gasteiger partial charge in [-0.05, 0) is 48.9 Å². The first kappa shape index (κ1) is 23.1. The molecule has 0 saturated heterocycles. The molecule has 8 heteroatoms. The van der Waals surface area contributed by atoms with Gasteiger partial charge in [-0.2, -0.15) is 0 Å². The highest BCUT2D eigenvalue weighted by atomic mass is 16.5. The molecule has 0 spiro atoms. The van der Waals surface area contributed by atoms with E-state index >= 15 is 0 Å². The topological polar surface area (TPSA) is 137 Å². The van der Waals surface area contributed by atoms with Crippen LogP contribution in [0.25, 0.3) is 0 Å². The Morgan fingerprint density at radius 1 is 1.03 bits per heavy atom. The van der Waals surface area contributed by atoms with E-state index in [0.717, 1.165) is 29.8 Å². The van der Waals surface area contributed by atoms with Gasteiger partial charge in [0, 0.05) is 36.3 Å². The largest absolute Gasteiger partial charge is 0.391 e. The number of hydroxylamine groups is 1. The molecule has 7 N–H and O–H groups in total. The Morgan fingerprint density at radius 2 is 1.60 bits per heavy atom. The fourth-order valence-corrected chi connectivity index (χ4v) is 2.59. The van der Waals surface area contributed by atoms with Crippen LogP contribution in [-0.4, -0.2) is 47.4 Å². The van der Waals surface area contributed by atoms with Crippen LogP contribution in [-0.2, 0) is 11.3 Å². The van der Waals surface area contributed by atoms with E-state index in [1.165, 1.54) is 12.4 Å². The lowest BCUT2D eigenvalue weighted by Crippen LogP contribution is -2.51. The van der Waals surface area contributed by atoms with Crippen LogP contribution in [0.2, 0.25) is 0 Å². The van der Waals surface area contributed by atoms with Crippen LogP contribution in [0, 0.1) is 11.8 Å². The van der Waals surface area contributed by atoms with Gasteiger partial charge in [-0.1, -0.05) is 24.0 Å². The molecule has 0 heterocycles. The van der Waals surface area contributed by atoms with E-state index in [1.807, 2.05) is 24.3 Å². The zero-order chi connectivity index (χ0) is 21.9. The third-order valence-electron chi connectivity index (χ3n) is 4.26. The summed E-state index contributed by atoms with van der Waals surface area (Å²) in [6.45, 7) is 3.46. The molecule has 2 amide bonds. The lowest BCUT2D eigenvalue weighted by Gasteiger charge is -2.19. The molecule has 0 aliphatic carbocycles. The van der Waals surface area contributed by atoms with Crippen molar-refractivity contribution in [3.05, 3.63) is 70.8 Å². The van der Waals surface area contributed by atoms with Crippen LogP contribution in [0.15, 0.2) is 48.5 Å². The maximum Gasteiger partial charge on any atom is 0.268 e. The van der Waals surface area contributed by atoms with Crippen LogP contribution >= 0.6 is 0 Å². The summed E-state index contributed by atoms with van der Waals surface area (Å²) in [6.07, 6.45) is -1.17. The number of nitrogens with one attached hydrogen (secondary N) is 3. The monoisotopic (exact) mass is 410 g/mol. The van der Waals surface area contributed by atoms with E-state index in [2.05, 4.69) is 22.5 Å². The Hall–Kier alpha value is -3.22. The summed E-state index contributed by atoms with van der Waals surface area (Å²) in [7, 11) is 0. The Kier molecular flexibility index (Phi) is 9.00. The van der Waals surface area contributed by atoms with E-state index in [-0.39, 0.29) is 0 Å². The van der Waals surface area contributed by atoms with Gasteiger partial charge in [0.1, 0.15) is 6.04 Å². The van der Waals surface area contributed by atoms with E-state index in [0.29, 0.717) is 12.1 Å². The molecular weight excluding hydrogens is 384 g/mol. The lowest BCUT2D eigenvalue weighted by molar-refractivity contribution is -0.133. The van der Waals surface area contributed by atoms with Gasteiger partial charge in [0.25, 0.3) is 11.8 Å². The molecule has 0 aliphatic heterocycles. The normalized spacial score (nSPS) is 12.3. The molecule has 2 rings (SSSR count). The molecule has 2 atom stereocenters. The smallest absolute Gasteiger partial charge is 0.268 e. The summed E-state index contributed by atoms with van der Waals surface area (Å²) in [5, 5.41) is 23.9. The molecule has 30 heavy (non-hydrogen) atoms. The van der Waals surface area contributed by atoms with Gasteiger partial charge in [0.15, 0.2) is 0 Å². The number of aliphatic hydroxyl groups is 1. The number of rotatable bonds is 8. The van der Waals surface area contributed by atoms with Gasteiger partial charge < -0.3 is 21.5 Å². The lowest BCUT2D eigenvalue weighted by atomic mass is 10.1. The minimum atomic E-state index is -1.27. The molecule has 0 bridgehead atoms. The summed E-state index contributed by atoms with van der Waals surface area (Å²) in [5.74, 6) is 4.65. The van der Waals surface area contributed by atoms with E-state index in [4.69, 9.17) is 10.9 Å². The summed E-state index contributed by atoms with van der Waals surface area (Å²) in [6, 6.07) is 13.1. The van der Waals surface area contributed by atoms with Crippen LogP contribution < -0.4 is 21.8 Å². The van der Waals surface area contributed by atoms with E-state index < -0.39 is 24.0 Å². The average molecular weight is 410 g/mol. The number of amides is 2.